The number of carbonyl (C=O) groups is 2. The molecule has 1 aromatic carbocycles. The zero-order valence-corrected chi connectivity index (χ0v) is 14.4. The summed E-state index contributed by atoms with van der Waals surface area (Å²) >= 11 is 0. The van der Waals surface area contributed by atoms with Crippen LogP contribution in [0, 0.1) is 0 Å². The monoisotopic (exact) mass is 344 g/mol. The maximum Gasteiger partial charge on any atom is 0.329 e. The molecule has 8 nitrogen and oxygen atoms in total. The number of nitrogens with one attached hydrogen (secondary N) is 1. The third-order valence-electron chi connectivity index (χ3n) is 3.64. The van der Waals surface area contributed by atoms with Crippen LogP contribution in [0.5, 0.6) is 5.75 Å². The lowest BCUT2D eigenvalue weighted by atomic mass is 10.0. The van der Waals surface area contributed by atoms with E-state index in [2.05, 4.69) is 4.72 Å². The molecule has 0 aliphatic carbocycles. The molecule has 0 aromatic heterocycles. The number of likely N-dealkylation sites (N-methyl/N-ethyl adjacent to an activating group) is 1. The maximum absolute atomic E-state index is 12.5. The molecular formula is C14H20N2O6S. The van der Waals surface area contributed by atoms with E-state index in [9.17, 15) is 23.1 Å². The Bertz CT molecular complexity index is 727. The summed E-state index contributed by atoms with van der Waals surface area (Å²) in [6.07, 6.45) is 0. The highest BCUT2D eigenvalue weighted by molar-refractivity contribution is 7.89. The van der Waals surface area contributed by atoms with E-state index in [0.29, 0.717) is 0 Å². The summed E-state index contributed by atoms with van der Waals surface area (Å²) in [7, 11) is 0.0534. The fraction of sp³-hybridized carbons (Fsp3) is 0.429. The fourth-order valence-corrected chi connectivity index (χ4v) is 2.64. The molecule has 0 heterocycles. The molecule has 1 amide bonds. The van der Waals surface area contributed by atoms with Gasteiger partial charge in [-0.3, -0.25) is 4.79 Å². The van der Waals surface area contributed by atoms with E-state index in [0.717, 1.165) is 11.0 Å². The molecule has 0 unspecified atom stereocenters. The lowest BCUT2D eigenvalue weighted by molar-refractivity contribution is -0.147. The average Bonchev–Trinajstić information content (AvgIpc) is 2.52. The highest BCUT2D eigenvalue weighted by Crippen LogP contribution is 2.26. The molecule has 0 radical (unpaired) electrons. The summed E-state index contributed by atoms with van der Waals surface area (Å²) < 4.78 is 31.2. The third kappa shape index (κ3) is 3.62. The minimum absolute atomic E-state index is 0.0384. The molecule has 0 saturated carbocycles. The van der Waals surface area contributed by atoms with E-state index >= 15 is 0 Å². The predicted molar refractivity (Wildman–Crippen MR) is 83.0 cm³/mol. The Kier molecular flexibility index (Phi) is 5.39. The van der Waals surface area contributed by atoms with Gasteiger partial charge in [0, 0.05) is 12.6 Å². The second-order valence-corrected chi connectivity index (χ2v) is 7.16. The van der Waals surface area contributed by atoms with Gasteiger partial charge in [0.15, 0.2) is 0 Å². The summed E-state index contributed by atoms with van der Waals surface area (Å²) in [5.41, 5.74) is -1.41. The summed E-state index contributed by atoms with van der Waals surface area (Å²) in [5.74, 6) is -1.71. The smallest absolute Gasteiger partial charge is 0.329 e. The number of methoxy groups -OCH3 is 1. The van der Waals surface area contributed by atoms with E-state index in [-0.39, 0.29) is 16.2 Å². The Labute approximate surface area is 135 Å². The number of nitrogens with zero attached hydrogens (tertiary/aromatic N) is 1. The molecule has 23 heavy (non-hydrogen) atoms. The zero-order chi connectivity index (χ0) is 18.0. The van der Waals surface area contributed by atoms with E-state index < -0.39 is 27.4 Å². The van der Waals surface area contributed by atoms with E-state index in [1.165, 1.54) is 47.2 Å². The van der Waals surface area contributed by atoms with Crippen LogP contribution in [0.1, 0.15) is 24.2 Å². The normalized spacial score (nSPS) is 11.9. The van der Waals surface area contributed by atoms with Crippen molar-refractivity contribution in [3.8, 4) is 5.75 Å². The molecule has 0 spiro atoms. The molecule has 0 aliphatic heterocycles. The van der Waals surface area contributed by atoms with E-state index in [4.69, 9.17) is 4.74 Å². The van der Waals surface area contributed by atoms with Gasteiger partial charge in [0.25, 0.3) is 5.91 Å². The second-order valence-electron chi connectivity index (χ2n) is 5.30. The summed E-state index contributed by atoms with van der Waals surface area (Å²) in [4.78, 5) is 24.6. The first-order chi connectivity index (χ1) is 10.5. The minimum atomic E-state index is -3.84. The van der Waals surface area contributed by atoms with Gasteiger partial charge < -0.3 is 14.7 Å². The lowest BCUT2D eigenvalue weighted by Crippen LogP contribution is -2.50. The number of hydrogen-bond acceptors (Lipinski definition) is 5. The zero-order valence-electron chi connectivity index (χ0n) is 13.6. The number of carbonyl (C=O) groups excluding carboxylic acids is 1. The van der Waals surface area contributed by atoms with Crippen molar-refractivity contribution in [3.05, 3.63) is 23.8 Å². The van der Waals surface area contributed by atoms with Crippen LogP contribution in [0.3, 0.4) is 0 Å². The standard InChI is InChI=1S/C14H20N2O6S/c1-14(2,13(18)19)16(4)12(17)9-6-7-10(22-5)11(8-9)23(20,21)15-3/h6-8,15H,1-5H3,(H,18,19). The molecule has 1 rings (SSSR count). The number of sulfonamides is 1. The Balaban J connectivity index is 3.38. The molecule has 128 valence electrons. The second kappa shape index (κ2) is 6.55. The SMILES string of the molecule is CNS(=O)(=O)c1cc(C(=O)N(C)C(C)(C)C(=O)O)ccc1OC. The van der Waals surface area contributed by atoms with Gasteiger partial charge in [0.2, 0.25) is 10.0 Å². The first kappa shape index (κ1) is 18.9. The number of carboxylic acids is 1. The summed E-state index contributed by atoms with van der Waals surface area (Å²) in [5, 5.41) is 9.19. The molecule has 0 fully saturated rings. The van der Waals surface area contributed by atoms with Gasteiger partial charge in [0.1, 0.15) is 16.2 Å². The number of aliphatic carboxylic acids is 1. The number of ether oxygens (including phenoxy) is 1. The van der Waals surface area contributed by atoms with Crippen molar-refractivity contribution in [2.24, 2.45) is 0 Å². The summed E-state index contributed by atoms with van der Waals surface area (Å²) in [6, 6.07) is 3.88. The number of carboxylic acid groups (broad SMARTS) is 1. The van der Waals surface area contributed by atoms with Crippen molar-refractivity contribution in [1.82, 2.24) is 9.62 Å². The van der Waals surface area contributed by atoms with Crippen LogP contribution in [0.25, 0.3) is 0 Å². The van der Waals surface area contributed by atoms with Crippen LogP contribution in [-0.2, 0) is 14.8 Å². The van der Waals surface area contributed by atoms with Crippen molar-refractivity contribution in [1.29, 1.82) is 0 Å². The molecule has 2 N–H and O–H groups in total. The highest BCUT2D eigenvalue weighted by atomic mass is 32.2. The van der Waals surface area contributed by atoms with Gasteiger partial charge >= 0.3 is 5.97 Å². The van der Waals surface area contributed by atoms with E-state index in [1.54, 1.807) is 0 Å². The molecule has 0 saturated heterocycles. The number of amides is 1. The van der Waals surface area contributed by atoms with Crippen molar-refractivity contribution in [2.45, 2.75) is 24.3 Å². The van der Waals surface area contributed by atoms with E-state index in [1.807, 2.05) is 0 Å². The first-order valence-electron chi connectivity index (χ1n) is 6.62. The van der Waals surface area contributed by atoms with Gasteiger partial charge in [-0.15, -0.1) is 0 Å². The predicted octanol–water partition coefficient (Wildman–Crippen LogP) is 0.539. The van der Waals surface area contributed by atoms with Crippen LogP contribution in [0.2, 0.25) is 0 Å². The van der Waals surface area contributed by atoms with Crippen molar-refractivity contribution < 1.29 is 27.9 Å². The maximum atomic E-state index is 12.5. The number of benzene rings is 1. The quantitative estimate of drug-likeness (QED) is 0.779. The largest absolute Gasteiger partial charge is 0.495 e. The topological polar surface area (TPSA) is 113 Å². The van der Waals surface area contributed by atoms with Crippen LogP contribution >= 0.6 is 0 Å². The molecule has 0 atom stereocenters. The van der Waals surface area contributed by atoms with Gasteiger partial charge in [0.05, 0.1) is 7.11 Å². The van der Waals surface area contributed by atoms with Crippen LogP contribution in [0.4, 0.5) is 0 Å². The number of hydrogen-bond donors (Lipinski definition) is 2. The van der Waals surface area contributed by atoms with Crippen LogP contribution < -0.4 is 9.46 Å². The van der Waals surface area contributed by atoms with Crippen LogP contribution in [0.15, 0.2) is 23.1 Å². The number of rotatable bonds is 6. The van der Waals surface area contributed by atoms with Gasteiger partial charge in [-0.05, 0) is 39.1 Å². The lowest BCUT2D eigenvalue weighted by Gasteiger charge is -2.31. The van der Waals surface area contributed by atoms with Gasteiger partial charge in [-0.1, -0.05) is 0 Å². The Morgan fingerprint density at radius 2 is 1.87 bits per heavy atom. The Morgan fingerprint density at radius 3 is 2.30 bits per heavy atom. The third-order valence-corrected chi connectivity index (χ3v) is 5.07. The molecular weight excluding hydrogens is 324 g/mol. The molecule has 1 aromatic rings. The Morgan fingerprint density at radius 1 is 1.30 bits per heavy atom. The first-order valence-corrected chi connectivity index (χ1v) is 8.10. The Hall–Kier alpha value is -2.13. The van der Waals surface area contributed by atoms with Crippen molar-refractivity contribution >= 4 is 21.9 Å². The average molecular weight is 344 g/mol. The molecule has 9 heteroatoms. The van der Waals surface area contributed by atoms with Crippen molar-refractivity contribution in [3.63, 3.8) is 0 Å². The minimum Gasteiger partial charge on any atom is -0.495 e. The van der Waals surface area contributed by atoms with Crippen LogP contribution in [-0.4, -0.2) is 57.0 Å². The fourth-order valence-electron chi connectivity index (χ4n) is 1.72. The molecule has 0 aliphatic rings. The summed E-state index contributed by atoms with van der Waals surface area (Å²) in [6.45, 7) is 2.75. The molecule has 0 bridgehead atoms. The van der Waals surface area contributed by atoms with Gasteiger partial charge in [-0.25, -0.2) is 17.9 Å². The highest BCUT2D eigenvalue weighted by Gasteiger charge is 2.36. The van der Waals surface area contributed by atoms with Crippen molar-refractivity contribution in [2.75, 3.05) is 21.2 Å². The van der Waals surface area contributed by atoms with Gasteiger partial charge in [-0.2, -0.15) is 0 Å².